The van der Waals surface area contributed by atoms with Crippen molar-refractivity contribution in [3.63, 3.8) is 0 Å². The van der Waals surface area contributed by atoms with Crippen LogP contribution in [0.15, 0.2) is 23.4 Å². The predicted octanol–water partition coefficient (Wildman–Crippen LogP) is 1.71. The third-order valence-corrected chi connectivity index (χ3v) is 2.74. The fourth-order valence-corrected chi connectivity index (χ4v) is 1.75. The highest BCUT2D eigenvalue weighted by atomic mass is 19.4. The Kier molecular flexibility index (Phi) is 3.50. The first-order valence-electron chi connectivity index (χ1n) is 5.69. The van der Waals surface area contributed by atoms with Gasteiger partial charge in [-0.15, -0.1) is 0 Å². The highest BCUT2D eigenvalue weighted by Gasteiger charge is 2.38. The minimum Gasteiger partial charge on any atom is -0.409 e. The van der Waals surface area contributed by atoms with Gasteiger partial charge < -0.3 is 15.8 Å². The first-order valence-corrected chi connectivity index (χ1v) is 5.69. The number of alkyl halides is 3. The molecule has 104 valence electrons. The lowest BCUT2D eigenvalue weighted by Gasteiger charge is -2.25. The van der Waals surface area contributed by atoms with Gasteiger partial charge in [-0.25, -0.2) is 4.98 Å². The Labute approximate surface area is 107 Å². The molecule has 8 heteroatoms. The Morgan fingerprint density at radius 2 is 2.16 bits per heavy atom. The molecule has 0 atom stereocenters. The molecule has 1 aliphatic rings. The number of nitrogens with zero attached hydrogens (tertiary/aromatic N) is 3. The molecule has 1 aromatic rings. The summed E-state index contributed by atoms with van der Waals surface area (Å²) in [4.78, 5) is 5.20. The summed E-state index contributed by atoms with van der Waals surface area (Å²) in [5, 5.41) is 11.3. The lowest BCUT2D eigenvalue weighted by molar-refractivity contribution is -0.120. The van der Waals surface area contributed by atoms with Gasteiger partial charge in [0.15, 0.2) is 5.84 Å². The van der Waals surface area contributed by atoms with Crippen molar-refractivity contribution >= 4 is 11.7 Å². The van der Waals surface area contributed by atoms with E-state index in [-0.39, 0.29) is 23.4 Å². The Hall–Kier alpha value is -1.99. The van der Waals surface area contributed by atoms with Gasteiger partial charge in [0.05, 0.1) is 0 Å². The summed E-state index contributed by atoms with van der Waals surface area (Å²) in [5.74, 6) is -0.0477. The van der Waals surface area contributed by atoms with Crippen LogP contribution in [-0.2, 0) is 0 Å². The normalized spacial score (nSPS) is 16.5. The molecule has 1 fully saturated rings. The average molecular weight is 274 g/mol. The van der Waals surface area contributed by atoms with E-state index in [4.69, 9.17) is 10.9 Å². The van der Waals surface area contributed by atoms with Crippen molar-refractivity contribution in [1.29, 1.82) is 0 Å². The summed E-state index contributed by atoms with van der Waals surface area (Å²) >= 11 is 0. The number of hydrogen-bond donors (Lipinski definition) is 2. The van der Waals surface area contributed by atoms with E-state index in [2.05, 4.69) is 10.1 Å². The van der Waals surface area contributed by atoms with E-state index in [0.29, 0.717) is 12.8 Å². The third-order valence-electron chi connectivity index (χ3n) is 2.74. The number of rotatable bonds is 4. The molecule has 1 saturated carbocycles. The number of oxime groups is 1. The van der Waals surface area contributed by atoms with E-state index < -0.39 is 12.7 Å². The van der Waals surface area contributed by atoms with Gasteiger partial charge in [0.1, 0.15) is 18.1 Å². The van der Waals surface area contributed by atoms with Gasteiger partial charge >= 0.3 is 6.18 Å². The molecular weight excluding hydrogens is 261 g/mol. The second-order valence-electron chi connectivity index (χ2n) is 4.34. The van der Waals surface area contributed by atoms with E-state index in [0.717, 1.165) is 0 Å². The lowest BCUT2D eigenvalue weighted by atomic mass is 10.3. The summed E-state index contributed by atoms with van der Waals surface area (Å²) in [6.07, 6.45) is -2.87. The summed E-state index contributed by atoms with van der Waals surface area (Å²) in [6, 6.07) is 4.34. The molecule has 3 N–H and O–H groups in total. The fraction of sp³-hybridized carbons (Fsp3) is 0.455. The maximum atomic E-state index is 12.5. The lowest BCUT2D eigenvalue weighted by Crippen LogP contribution is -2.36. The van der Waals surface area contributed by atoms with Gasteiger partial charge in [-0.1, -0.05) is 11.2 Å². The Morgan fingerprint density at radius 3 is 2.68 bits per heavy atom. The minimum atomic E-state index is -4.29. The zero-order valence-corrected chi connectivity index (χ0v) is 9.93. The molecule has 0 unspecified atom stereocenters. The smallest absolute Gasteiger partial charge is 0.405 e. The van der Waals surface area contributed by atoms with Crippen LogP contribution in [0.5, 0.6) is 0 Å². The first kappa shape index (κ1) is 13.4. The van der Waals surface area contributed by atoms with Crippen LogP contribution >= 0.6 is 0 Å². The molecular formula is C11H13F3N4O. The summed E-state index contributed by atoms with van der Waals surface area (Å²) in [6.45, 7) is -1.05. The van der Waals surface area contributed by atoms with Crippen LogP contribution in [0.1, 0.15) is 18.5 Å². The molecule has 5 nitrogen and oxygen atoms in total. The van der Waals surface area contributed by atoms with E-state index >= 15 is 0 Å². The molecule has 0 aromatic carbocycles. The predicted molar refractivity (Wildman–Crippen MR) is 63.2 cm³/mol. The standard InChI is InChI=1S/C11H13F3N4O/c12-11(13,14)6-18(7-4-5-7)9-3-1-2-8(16-9)10(15)17-19/h1-3,7,19H,4-6H2,(H2,15,17). The Morgan fingerprint density at radius 1 is 1.47 bits per heavy atom. The zero-order valence-electron chi connectivity index (χ0n) is 9.93. The van der Waals surface area contributed by atoms with Crippen LogP contribution in [0.2, 0.25) is 0 Å². The fourth-order valence-electron chi connectivity index (χ4n) is 1.75. The maximum Gasteiger partial charge on any atom is 0.405 e. The molecule has 0 bridgehead atoms. The minimum absolute atomic E-state index is 0.142. The Balaban J connectivity index is 2.27. The second kappa shape index (κ2) is 4.94. The van der Waals surface area contributed by atoms with Crippen molar-refractivity contribution in [3.05, 3.63) is 23.9 Å². The highest BCUT2D eigenvalue weighted by molar-refractivity contribution is 5.95. The van der Waals surface area contributed by atoms with Crippen LogP contribution in [-0.4, -0.2) is 34.8 Å². The van der Waals surface area contributed by atoms with Gasteiger partial charge in [0.25, 0.3) is 0 Å². The van der Waals surface area contributed by atoms with Gasteiger partial charge in [-0.2, -0.15) is 13.2 Å². The van der Waals surface area contributed by atoms with Crippen molar-refractivity contribution in [2.45, 2.75) is 25.1 Å². The number of nitrogens with two attached hydrogens (primary N) is 1. The van der Waals surface area contributed by atoms with E-state index in [1.165, 1.54) is 23.1 Å². The molecule has 1 aliphatic carbocycles. The second-order valence-corrected chi connectivity index (χ2v) is 4.34. The number of anilines is 1. The maximum absolute atomic E-state index is 12.5. The van der Waals surface area contributed by atoms with Gasteiger partial charge in [-0.3, -0.25) is 0 Å². The monoisotopic (exact) mass is 274 g/mol. The molecule has 0 spiro atoms. The molecule has 2 rings (SSSR count). The summed E-state index contributed by atoms with van der Waals surface area (Å²) in [5.41, 5.74) is 5.53. The topological polar surface area (TPSA) is 74.7 Å². The van der Waals surface area contributed by atoms with Crippen LogP contribution in [0, 0.1) is 0 Å². The van der Waals surface area contributed by atoms with Crippen LogP contribution in [0.3, 0.4) is 0 Å². The average Bonchev–Trinajstić information content (AvgIpc) is 3.18. The summed E-state index contributed by atoms with van der Waals surface area (Å²) in [7, 11) is 0. The molecule has 19 heavy (non-hydrogen) atoms. The zero-order chi connectivity index (χ0) is 14.0. The summed E-state index contributed by atoms with van der Waals surface area (Å²) < 4.78 is 37.6. The molecule has 0 saturated heterocycles. The number of aromatic nitrogens is 1. The number of amidine groups is 1. The van der Waals surface area contributed by atoms with Crippen molar-refractivity contribution in [1.82, 2.24) is 4.98 Å². The van der Waals surface area contributed by atoms with Crippen molar-refractivity contribution in [2.75, 3.05) is 11.4 Å². The van der Waals surface area contributed by atoms with Crippen molar-refractivity contribution in [2.24, 2.45) is 10.9 Å². The van der Waals surface area contributed by atoms with E-state index in [1.54, 1.807) is 0 Å². The number of pyridine rings is 1. The number of hydrogen-bond acceptors (Lipinski definition) is 4. The van der Waals surface area contributed by atoms with Crippen LogP contribution < -0.4 is 10.6 Å². The molecule has 0 amide bonds. The molecule has 0 aliphatic heterocycles. The van der Waals surface area contributed by atoms with Crippen LogP contribution in [0.25, 0.3) is 0 Å². The number of halogens is 3. The van der Waals surface area contributed by atoms with E-state index in [9.17, 15) is 13.2 Å². The largest absolute Gasteiger partial charge is 0.409 e. The van der Waals surface area contributed by atoms with Crippen LogP contribution in [0.4, 0.5) is 19.0 Å². The molecule has 1 aromatic heterocycles. The first-order chi connectivity index (χ1) is 8.90. The van der Waals surface area contributed by atoms with Crippen molar-refractivity contribution < 1.29 is 18.4 Å². The van der Waals surface area contributed by atoms with Gasteiger partial charge in [0, 0.05) is 6.04 Å². The SMILES string of the molecule is NC(=NO)c1cccc(N(CC(F)(F)F)C2CC2)n1. The quantitative estimate of drug-likeness (QED) is 0.379. The van der Waals surface area contributed by atoms with E-state index in [1.807, 2.05) is 0 Å². The third kappa shape index (κ3) is 3.49. The van der Waals surface area contributed by atoms with Gasteiger partial charge in [0.2, 0.25) is 0 Å². The molecule has 0 radical (unpaired) electrons. The molecule has 1 heterocycles. The Bertz CT molecular complexity index is 485. The van der Waals surface area contributed by atoms with Crippen molar-refractivity contribution in [3.8, 4) is 0 Å². The highest BCUT2D eigenvalue weighted by Crippen LogP contribution is 2.33. The van der Waals surface area contributed by atoms with Gasteiger partial charge in [-0.05, 0) is 25.0 Å².